The molecule has 0 spiro atoms. The van der Waals surface area contributed by atoms with Crippen LogP contribution in [0.15, 0.2) is 36.4 Å². The molecule has 136 valence electrons. The first-order valence-corrected chi connectivity index (χ1v) is 7.32. The molecule has 0 aliphatic carbocycles. The second-order valence-electron chi connectivity index (χ2n) is 4.97. The lowest BCUT2D eigenvalue weighted by atomic mass is 10.1. The molecule has 2 aromatic carbocycles. The maximum Gasteiger partial charge on any atom is 0.339 e. The number of hydrogen-bond donors (Lipinski definition) is 1. The van der Waals surface area contributed by atoms with Crippen LogP contribution in [0.3, 0.4) is 0 Å². The Balaban J connectivity index is 2.48. The Morgan fingerprint density at radius 3 is 2.19 bits per heavy atom. The predicted molar refractivity (Wildman–Crippen MR) is 91.9 cm³/mol. The van der Waals surface area contributed by atoms with Gasteiger partial charge in [0.25, 0.3) is 11.6 Å². The zero-order valence-corrected chi connectivity index (χ0v) is 14.3. The van der Waals surface area contributed by atoms with Gasteiger partial charge in [0, 0.05) is 6.07 Å². The van der Waals surface area contributed by atoms with E-state index in [9.17, 15) is 19.7 Å². The number of nitrogens with one attached hydrogen (secondary N) is 1. The topological polar surface area (TPSA) is 117 Å². The molecule has 0 radical (unpaired) electrons. The van der Waals surface area contributed by atoms with Gasteiger partial charge in [-0.1, -0.05) is 12.1 Å². The van der Waals surface area contributed by atoms with Crippen molar-refractivity contribution in [3.63, 3.8) is 0 Å². The molecule has 1 amide bonds. The molecular formula is C17H16N2O7. The number of benzene rings is 2. The first kappa shape index (κ1) is 18.7. The number of amides is 1. The Morgan fingerprint density at radius 2 is 1.62 bits per heavy atom. The average molecular weight is 360 g/mol. The SMILES string of the molecule is COC(=O)c1ccccc1NC(=O)c1cc(OC)c(OC)cc1[N+](=O)[O-]. The summed E-state index contributed by atoms with van der Waals surface area (Å²) in [6.07, 6.45) is 0. The van der Waals surface area contributed by atoms with E-state index in [1.54, 1.807) is 12.1 Å². The first-order chi connectivity index (χ1) is 12.4. The Hall–Kier alpha value is -3.62. The summed E-state index contributed by atoms with van der Waals surface area (Å²) in [5, 5.41) is 13.8. The number of methoxy groups -OCH3 is 3. The molecule has 1 N–H and O–H groups in total. The summed E-state index contributed by atoms with van der Waals surface area (Å²) < 4.78 is 14.8. The van der Waals surface area contributed by atoms with Gasteiger partial charge in [-0.25, -0.2) is 4.79 Å². The minimum atomic E-state index is -0.783. The molecule has 0 saturated heterocycles. The van der Waals surface area contributed by atoms with E-state index in [1.807, 2.05) is 0 Å². The number of carbonyl (C=O) groups is 2. The fourth-order valence-corrected chi connectivity index (χ4v) is 2.27. The summed E-state index contributed by atoms with van der Waals surface area (Å²) >= 11 is 0. The highest BCUT2D eigenvalue weighted by Gasteiger charge is 2.25. The quantitative estimate of drug-likeness (QED) is 0.478. The number of nitro benzene ring substituents is 1. The summed E-state index contributed by atoms with van der Waals surface area (Å²) in [6.45, 7) is 0. The molecule has 0 saturated carbocycles. The van der Waals surface area contributed by atoms with E-state index in [-0.39, 0.29) is 28.3 Å². The van der Waals surface area contributed by atoms with Gasteiger partial charge in [-0.3, -0.25) is 14.9 Å². The van der Waals surface area contributed by atoms with Gasteiger partial charge < -0.3 is 19.5 Å². The molecule has 0 fully saturated rings. The number of esters is 1. The smallest absolute Gasteiger partial charge is 0.339 e. The van der Waals surface area contributed by atoms with Crippen LogP contribution in [0.1, 0.15) is 20.7 Å². The molecule has 9 nitrogen and oxygen atoms in total. The normalized spacial score (nSPS) is 9.96. The van der Waals surface area contributed by atoms with Gasteiger partial charge in [0.15, 0.2) is 11.5 Å². The molecule has 0 unspecified atom stereocenters. The predicted octanol–water partition coefficient (Wildman–Crippen LogP) is 2.65. The lowest BCUT2D eigenvalue weighted by molar-refractivity contribution is -0.385. The van der Waals surface area contributed by atoms with Crippen LogP contribution in [0.5, 0.6) is 11.5 Å². The summed E-state index contributed by atoms with van der Waals surface area (Å²) in [5.41, 5.74) is -0.428. The van der Waals surface area contributed by atoms with E-state index in [2.05, 4.69) is 10.1 Å². The van der Waals surface area contributed by atoms with Gasteiger partial charge in [-0.2, -0.15) is 0 Å². The molecule has 2 rings (SSSR count). The maximum absolute atomic E-state index is 12.6. The molecule has 2 aromatic rings. The Kier molecular flexibility index (Phi) is 5.74. The average Bonchev–Trinajstić information content (AvgIpc) is 2.66. The van der Waals surface area contributed by atoms with Crippen molar-refractivity contribution in [2.45, 2.75) is 0 Å². The maximum atomic E-state index is 12.6. The number of hydrogen-bond acceptors (Lipinski definition) is 7. The van der Waals surface area contributed by atoms with Crippen molar-refractivity contribution in [1.82, 2.24) is 0 Å². The monoisotopic (exact) mass is 360 g/mol. The minimum Gasteiger partial charge on any atom is -0.493 e. The van der Waals surface area contributed by atoms with E-state index in [0.29, 0.717) is 0 Å². The Bertz CT molecular complexity index is 864. The highest BCUT2D eigenvalue weighted by Crippen LogP contribution is 2.35. The fraction of sp³-hybridized carbons (Fsp3) is 0.176. The van der Waals surface area contributed by atoms with E-state index >= 15 is 0 Å². The summed E-state index contributed by atoms with van der Waals surface area (Å²) in [5.74, 6) is -1.16. The van der Waals surface area contributed by atoms with Crippen LogP contribution in [0.25, 0.3) is 0 Å². The standard InChI is InChI=1S/C17H16N2O7/c1-24-14-8-11(13(19(22)23)9-15(14)25-2)16(20)18-12-7-5-4-6-10(12)17(21)26-3/h4-9H,1-3H3,(H,18,20). The third kappa shape index (κ3) is 3.72. The van der Waals surface area contributed by atoms with Crippen molar-refractivity contribution in [2.75, 3.05) is 26.6 Å². The van der Waals surface area contributed by atoms with Crippen LogP contribution in [-0.4, -0.2) is 38.1 Å². The largest absolute Gasteiger partial charge is 0.493 e. The van der Waals surface area contributed by atoms with Gasteiger partial charge in [0.05, 0.1) is 43.6 Å². The molecule has 0 atom stereocenters. The van der Waals surface area contributed by atoms with Crippen molar-refractivity contribution in [3.05, 3.63) is 57.6 Å². The van der Waals surface area contributed by atoms with Crippen LogP contribution in [0.2, 0.25) is 0 Å². The van der Waals surface area contributed by atoms with Crippen molar-refractivity contribution >= 4 is 23.3 Å². The second kappa shape index (κ2) is 7.97. The number of rotatable bonds is 6. The van der Waals surface area contributed by atoms with E-state index in [0.717, 1.165) is 6.07 Å². The molecular weight excluding hydrogens is 344 g/mol. The number of anilines is 1. The van der Waals surface area contributed by atoms with Crippen molar-refractivity contribution < 1.29 is 28.7 Å². The molecule has 0 bridgehead atoms. The van der Waals surface area contributed by atoms with Gasteiger partial charge in [-0.15, -0.1) is 0 Å². The summed E-state index contributed by atoms with van der Waals surface area (Å²) in [6, 6.07) is 8.44. The third-order valence-electron chi connectivity index (χ3n) is 3.52. The number of nitrogens with zero attached hydrogens (tertiary/aromatic N) is 1. The van der Waals surface area contributed by atoms with Crippen molar-refractivity contribution in [3.8, 4) is 11.5 Å². The number of nitro groups is 1. The van der Waals surface area contributed by atoms with Crippen LogP contribution >= 0.6 is 0 Å². The fourth-order valence-electron chi connectivity index (χ4n) is 2.27. The zero-order valence-electron chi connectivity index (χ0n) is 14.3. The van der Waals surface area contributed by atoms with Crippen LogP contribution < -0.4 is 14.8 Å². The minimum absolute atomic E-state index is 0.116. The third-order valence-corrected chi connectivity index (χ3v) is 3.52. The van der Waals surface area contributed by atoms with Gasteiger partial charge in [-0.05, 0) is 12.1 Å². The number of para-hydroxylation sites is 1. The van der Waals surface area contributed by atoms with Gasteiger partial charge in [0.1, 0.15) is 5.56 Å². The highest BCUT2D eigenvalue weighted by molar-refractivity contribution is 6.10. The molecule has 0 aliphatic heterocycles. The lowest BCUT2D eigenvalue weighted by Crippen LogP contribution is -2.17. The second-order valence-corrected chi connectivity index (χ2v) is 4.97. The van der Waals surface area contributed by atoms with Crippen LogP contribution in [0, 0.1) is 10.1 Å². The van der Waals surface area contributed by atoms with Crippen LogP contribution in [-0.2, 0) is 4.74 Å². The van der Waals surface area contributed by atoms with E-state index in [4.69, 9.17) is 9.47 Å². The highest BCUT2D eigenvalue weighted by atomic mass is 16.6. The summed E-state index contributed by atoms with van der Waals surface area (Å²) in [7, 11) is 3.88. The molecule has 0 aliphatic rings. The van der Waals surface area contributed by atoms with Gasteiger partial charge in [0.2, 0.25) is 0 Å². The molecule has 9 heteroatoms. The first-order valence-electron chi connectivity index (χ1n) is 7.32. The Labute approximate surface area is 148 Å². The van der Waals surface area contributed by atoms with E-state index in [1.165, 1.54) is 39.5 Å². The molecule has 0 aromatic heterocycles. The zero-order chi connectivity index (χ0) is 19.3. The van der Waals surface area contributed by atoms with E-state index < -0.39 is 22.5 Å². The van der Waals surface area contributed by atoms with Crippen LogP contribution in [0.4, 0.5) is 11.4 Å². The number of ether oxygens (including phenoxy) is 3. The van der Waals surface area contributed by atoms with Crippen molar-refractivity contribution in [2.24, 2.45) is 0 Å². The molecule has 26 heavy (non-hydrogen) atoms. The van der Waals surface area contributed by atoms with Gasteiger partial charge >= 0.3 is 5.97 Å². The lowest BCUT2D eigenvalue weighted by Gasteiger charge is -2.12. The number of carbonyl (C=O) groups excluding carboxylic acids is 2. The molecule has 0 heterocycles. The Morgan fingerprint density at radius 1 is 1.00 bits per heavy atom. The summed E-state index contributed by atoms with van der Waals surface area (Å²) in [4.78, 5) is 35.0. The van der Waals surface area contributed by atoms with Crippen molar-refractivity contribution in [1.29, 1.82) is 0 Å².